The molecule has 1 N–H and O–H groups in total. The molecule has 0 aromatic heterocycles. The van der Waals surface area contributed by atoms with E-state index in [4.69, 9.17) is 23.2 Å². The topological polar surface area (TPSA) is 69.7 Å². The van der Waals surface area contributed by atoms with Crippen LogP contribution in [0.4, 0.5) is 5.69 Å². The molecule has 1 atom stereocenters. The number of halogens is 2. The lowest BCUT2D eigenvalue weighted by molar-refractivity contribution is -0.141. The molecule has 0 fully saturated rings. The van der Waals surface area contributed by atoms with Gasteiger partial charge >= 0.3 is 0 Å². The van der Waals surface area contributed by atoms with Crippen molar-refractivity contribution in [1.82, 2.24) is 10.2 Å². The van der Waals surface area contributed by atoms with Crippen LogP contribution in [0.1, 0.15) is 34.3 Å². The molecule has 4 aromatic carbocycles. The number of hydrogen-bond acceptors (Lipinski definition) is 3. The van der Waals surface area contributed by atoms with Gasteiger partial charge in [0, 0.05) is 59.5 Å². The van der Waals surface area contributed by atoms with Gasteiger partial charge in [-0.1, -0.05) is 83.9 Å². The SMILES string of the molecule is CNC(=O)C(Cc1ccccc1)N(Cc1c(Cl)cccc1Cl)C(=O)CCCN1C(=O)c2cccc3cccc1c23. The second-order valence-corrected chi connectivity index (χ2v) is 10.6. The Morgan fingerprint density at radius 2 is 1.57 bits per heavy atom. The maximum absolute atomic E-state index is 13.8. The monoisotopic (exact) mass is 573 g/mol. The Labute approximate surface area is 243 Å². The van der Waals surface area contributed by atoms with Gasteiger partial charge in [0.05, 0.1) is 5.69 Å². The van der Waals surface area contributed by atoms with Crippen LogP contribution in [-0.4, -0.2) is 42.3 Å². The fourth-order valence-corrected chi connectivity index (χ4v) is 5.82. The summed E-state index contributed by atoms with van der Waals surface area (Å²) in [6, 6.07) is 25.5. The van der Waals surface area contributed by atoms with Crippen molar-refractivity contribution in [2.75, 3.05) is 18.5 Å². The molecule has 0 saturated heterocycles. The van der Waals surface area contributed by atoms with Crippen LogP contribution in [0.15, 0.2) is 84.9 Å². The lowest BCUT2D eigenvalue weighted by atomic mass is 10.0. The lowest BCUT2D eigenvalue weighted by Gasteiger charge is -2.32. The van der Waals surface area contributed by atoms with E-state index < -0.39 is 6.04 Å². The van der Waals surface area contributed by atoms with Gasteiger partial charge in [-0.3, -0.25) is 14.4 Å². The minimum absolute atomic E-state index is 0.0636. The second-order valence-electron chi connectivity index (χ2n) is 9.78. The molecule has 204 valence electrons. The van der Waals surface area contributed by atoms with Gasteiger partial charge in [0.1, 0.15) is 6.04 Å². The van der Waals surface area contributed by atoms with Gasteiger partial charge in [-0.15, -0.1) is 0 Å². The molecular formula is C32H29Cl2N3O3. The zero-order valence-electron chi connectivity index (χ0n) is 22.1. The molecule has 8 heteroatoms. The lowest BCUT2D eigenvalue weighted by Crippen LogP contribution is -2.49. The first kappa shape index (κ1) is 27.7. The predicted molar refractivity (Wildman–Crippen MR) is 160 cm³/mol. The van der Waals surface area contributed by atoms with Crippen molar-refractivity contribution in [1.29, 1.82) is 0 Å². The van der Waals surface area contributed by atoms with Gasteiger partial charge in [0.15, 0.2) is 0 Å². The third-order valence-electron chi connectivity index (χ3n) is 7.33. The van der Waals surface area contributed by atoms with Crippen molar-refractivity contribution in [3.05, 3.63) is 112 Å². The van der Waals surface area contributed by atoms with Gasteiger partial charge in [-0.05, 0) is 41.6 Å². The van der Waals surface area contributed by atoms with E-state index in [1.54, 1.807) is 35.0 Å². The van der Waals surface area contributed by atoms with Crippen molar-refractivity contribution in [2.45, 2.75) is 31.8 Å². The minimum atomic E-state index is -0.779. The fraction of sp³-hybridized carbons (Fsp3) is 0.219. The van der Waals surface area contributed by atoms with Crippen molar-refractivity contribution < 1.29 is 14.4 Å². The van der Waals surface area contributed by atoms with E-state index in [1.807, 2.05) is 66.7 Å². The number of benzene rings is 4. The zero-order valence-corrected chi connectivity index (χ0v) is 23.6. The average molecular weight is 575 g/mol. The molecule has 5 rings (SSSR count). The highest BCUT2D eigenvalue weighted by Crippen LogP contribution is 2.37. The van der Waals surface area contributed by atoms with E-state index in [2.05, 4.69) is 5.32 Å². The molecular weight excluding hydrogens is 545 g/mol. The molecule has 4 aromatic rings. The van der Waals surface area contributed by atoms with Crippen molar-refractivity contribution >= 4 is 57.4 Å². The van der Waals surface area contributed by atoms with Gasteiger partial charge in [-0.2, -0.15) is 0 Å². The van der Waals surface area contributed by atoms with Crippen LogP contribution in [0.25, 0.3) is 10.8 Å². The number of rotatable bonds is 10. The summed E-state index contributed by atoms with van der Waals surface area (Å²) < 4.78 is 0. The number of carbonyl (C=O) groups excluding carboxylic acids is 3. The second kappa shape index (κ2) is 12.1. The number of nitrogens with one attached hydrogen (secondary N) is 1. The number of anilines is 1. The molecule has 1 heterocycles. The van der Waals surface area contributed by atoms with Crippen LogP contribution in [-0.2, 0) is 22.6 Å². The number of likely N-dealkylation sites (N-methyl/N-ethyl adjacent to an activating group) is 1. The summed E-state index contributed by atoms with van der Waals surface area (Å²) in [7, 11) is 1.56. The molecule has 0 bridgehead atoms. The first-order valence-electron chi connectivity index (χ1n) is 13.2. The highest BCUT2D eigenvalue weighted by molar-refractivity contribution is 6.36. The summed E-state index contributed by atoms with van der Waals surface area (Å²) in [5, 5.41) is 5.52. The van der Waals surface area contributed by atoms with Gasteiger partial charge in [-0.25, -0.2) is 0 Å². The van der Waals surface area contributed by atoms with E-state index in [0.717, 1.165) is 22.0 Å². The highest BCUT2D eigenvalue weighted by Gasteiger charge is 2.32. The molecule has 0 saturated carbocycles. The molecule has 0 radical (unpaired) electrons. The standard InChI is InChI=1S/C32H29Cl2N3O3/c1-35-31(39)28(19-21-9-3-2-4-10-21)37(20-24-25(33)14-7-15-26(24)34)29(38)17-8-18-36-27-16-6-12-22-11-5-13-23(30(22)27)32(36)40/h2-7,9-16,28H,8,17-20H2,1H3,(H,35,39). The van der Waals surface area contributed by atoms with Gasteiger partial charge in [0.25, 0.3) is 5.91 Å². The summed E-state index contributed by atoms with van der Waals surface area (Å²) in [4.78, 5) is 43.5. The highest BCUT2D eigenvalue weighted by atomic mass is 35.5. The number of carbonyl (C=O) groups is 3. The molecule has 40 heavy (non-hydrogen) atoms. The Hall–Kier alpha value is -3.87. The fourth-order valence-electron chi connectivity index (χ4n) is 5.31. The quantitative estimate of drug-likeness (QED) is 0.243. The van der Waals surface area contributed by atoms with Crippen molar-refractivity contribution in [3.63, 3.8) is 0 Å². The van der Waals surface area contributed by atoms with E-state index in [9.17, 15) is 14.4 Å². The predicted octanol–water partition coefficient (Wildman–Crippen LogP) is 6.27. The molecule has 3 amide bonds. The van der Waals surface area contributed by atoms with Gasteiger partial charge < -0.3 is 15.1 Å². The van der Waals surface area contributed by atoms with E-state index in [0.29, 0.717) is 40.6 Å². The third kappa shape index (κ3) is 5.55. The first-order chi connectivity index (χ1) is 19.4. The van der Waals surface area contributed by atoms with E-state index in [1.165, 1.54) is 0 Å². The van der Waals surface area contributed by atoms with E-state index >= 15 is 0 Å². The molecule has 1 aliphatic heterocycles. The van der Waals surface area contributed by atoms with Crippen LogP contribution in [0.3, 0.4) is 0 Å². The van der Waals surface area contributed by atoms with Crippen LogP contribution in [0, 0.1) is 0 Å². The Kier molecular flexibility index (Phi) is 8.38. The Morgan fingerprint density at radius 1 is 0.900 bits per heavy atom. The van der Waals surface area contributed by atoms with Crippen LogP contribution in [0.5, 0.6) is 0 Å². The smallest absolute Gasteiger partial charge is 0.258 e. The number of nitrogens with zero attached hydrogens (tertiary/aromatic N) is 2. The molecule has 0 aliphatic carbocycles. The summed E-state index contributed by atoms with van der Waals surface area (Å²) in [5.41, 5.74) is 3.04. The maximum Gasteiger partial charge on any atom is 0.258 e. The average Bonchev–Trinajstić information content (AvgIpc) is 3.24. The third-order valence-corrected chi connectivity index (χ3v) is 8.04. The Morgan fingerprint density at radius 3 is 2.27 bits per heavy atom. The Bertz CT molecular complexity index is 1550. The van der Waals surface area contributed by atoms with Crippen LogP contribution >= 0.6 is 23.2 Å². The van der Waals surface area contributed by atoms with E-state index in [-0.39, 0.29) is 30.7 Å². The number of hydrogen-bond donors (Lipinski definition) is 1. The maximum atomic E-state index is 13.8. The molecule has 6 nitrogen and oxygen atoms in total. The van der Waals surface area contributed by atoms with Crippen LogP contribution in [0.2, 0.25) is 10.0 Å². The summed E-state index contributed by atoms with van der Waals surface area (Å²) in [6.07, 6.45) is 0.893. The molecule has 1 unspecified atom stereocenters. The van der Waals surface area contributed by atoms with Crippen LogP contribution < -0.4 is 10.2 Å². The Balaban J connectivity index is 1.38. The normalized spacial score (nSPS) is 13.0. The zero-order chi connectivity index (χ0) is 28.2. The largest absolute Gasteiger partial charge is 0.357 e. The summed E-state index contributed by atoms with van der Waals surface area (Å²) in [5.74, 6) is -0.564. The summed E-state index contributed by atoms with van der Waals surface area (Å²) in [6.45, 7) is 0.456. The minimum Gasteiger partial charge on any atom is -0.357 e. The molecule has 1 aliphatic rings. The first-order valence-corrected chi connectivity index (χ1v) is 14.0. The van der Waals surface area contributed by atoms with Crippen molar-refractivity contribution in [3.8, 4) is 0 Å². The van der Waals surface area contributed by atoms with Crippen molar-refractivity contribution in [2.24, 2.45) is 0 Å². The van der Waals surface area contributed by atoms with Gasteiger partial charge in [0.2, 0.25) is 11.8 Å². The molecule has 0 spiro atoms. The number of amides is 3. The summed E-state index contributed by atoms with van der Waals surface area (Å²) >= 11 is 13.0.